The molecular formula is C24H36FN3O3. The minimum absolute atomic E-state index is 0.0528. The first-order valence-electron chi connectivity index (χ1n) is 11.6. The van der Waals surface area contributed by atoms with Crippen LogP contribution in [0, 0.1) is 11.7 Å². The third-order valence-corrected chi connectivity index (χ3v) is 6.21. The fourth-order valence-corrected chi connectivity index (χ4v) is 4.48. The second-order valence-electron chi connectivity index (χ2n) is 8.97. The first-order valence-corrected chi connectivity index (χ1v) is 11.6. The predicted molar refractivity (Wildman–Crippen MR) is 118 cm³/mol. The summed E-state index contributed by atoms with van der Waals surface area (Å²) in [4.78, 5) is 31.9. The molecule has 0 saturated carbocycles. The predicted octanol–water partition coefficient (Wildman–Crippen LogP) is 3.17. The number of carbonyl (C=O) groups is 2. The second kappa shape index (κ2) is 11.5. The van der Waals surface area contributed by atoms with Gasteiger partial charge in [-0.05, 0) is 76.0 Å². The van der Waals surface area contributed by atoms with Gasteiger partial charge in [0.25, 0.3) is 5.91 Å². The first kappa shape index (κ1) is 23.5. The van der Waals surface area contributed by atoms with E-state index in [2.05, 4.69) is 4.90 Å². The van der Waals surface area contributed by atoms with Gasteiger partial charge in [0.05, 0.1) is 0 Å². The van der Waals surface area contributed by atoms with Crippen molar-refractivity contribution in [3.63, 3.8) is 0 Å². The van der Waals surface area contributed by atoms with Crippen LogP contribution in [0.3, 0.4) is 0 Å². The van der Waals surface area contributed by atoms with Crippen LogP contribution in [0.4, 0.5) is 4.39 Å². The molecule has 3 rings (SSSR count). The molecule has 0 bridgehead atoms. The number of halogens is 1. The molecule has 2 fully saturated rings. The van der Waals surface area contributed by atoms with Gasteiger partial charge in [-0.2, -0.15) is 0 Å². The average molecular weight is 434 g/mol. The van der Waals surface area contributed by atoms with Gasteiger partial charge in [0, 0.05) is 31.6 Å². The van der Waals surface area contributed by atoms with E-state index < -0.39 is 0 Å². The van der Waals surface area contributed by atoms with Crippen LogP contribution in [0.15, 0.2) is 24.3 Å². The number of benzene rings is 1. The second-order valence-corrected chi connectivity index (χ2v) is 8.97. The molecule has 2 saturated heterocycles. The largest absolute Gasteiger partial charge is 0.484 e. The van der Waals surface area contributed by atoms with Crippen molar-refractivity contribution in [3.05, 3.63) is 30.1 Å². The molecule has 6 nitrogen and oxygen atoms in total. The Hall–Kier alpha value is -2.15. The highest BCUT2D eigenvalue weighted by Crippen LogP contribution is 2.20. The number of hydrogen-bond acceptors (Lipinski definition) is 4. The van der Waals surface area contributed by atoms with Crippen molar-refractivity contribution in [1.29, 1.82) is 0 Å². The highest BCUT2D eigenvalue weighted by atomic mass is 19.1. The lowest BCUT2D eigenvalue weighted by Gasteiger charge is -2.40. The Morgan fingerprint density at radius 2 is 1.84 bits per heavy atom. The van der Waals surface area contributed by atoms with Gasteiger partial charge >= 0.3 is 0 Å². The topological polar surface area (TPSA) is 53.1 Å². The van der Waals surface area contributed by atoms with Crippen LogP contribution >= 0.6 is 0 Å². The van der Waals surface area contributed by atoms with Crippen LogP contribution in [0.2, 0.25) is 0 Å². The smallest absolute Gasteiger partial charge is 0.260 e. The van der Waals surface area contributed by atoms with Gasteiger partial charge in [-0.15, -0.1) is 0 Å². The van der Waals surface area contributed by atoms with Crippen LogP contribution < -0.4 is 4.74 Å². The fraction of sp³-hybridized carbons (Fsp3) is 0.667. The van der Waals surface area contributed by atoms with Crippen LogP contribution in [-0.4, -0.2) is 78.4 Å². The van der Waals surface area contributed by atoms with Gasteiger partial charge < -0.3 is 19.4 Å². The van der Waals surface area contributed by atoms with Crippen LogP contribution in [0.25, 0.3) is 0 Å². The molecule has 1 atom stereocenters. The van der Waals surface area contributed by atoms with Crippen molar-refractivity contribution in [1.82, 2.24) is 14.7 Å². The molecule has 2 amide bonds. The van der Waals surface area contributed by atoms with Crippen molar-refractivity contribution < 1.29 is 18.7 Å². The highest BCUT2D eigenvalue weighted by molar-refractivity contribution is 5.79. The van der Waals surface area contributed by atoms with E-state index in [-0.39, 0.29) is 36.2 Å². The summed E-state index contributed by atoms with van der Waals surface area (Å²) in [6, 6.07) is 5.72. The maximum absolute atomic E-state index is 13.0. The van der Waals surface area contributed by atoms with E-state index >= 15 is 0 Å². The number of likely N-dealkylation sites (tertiary alicyclic amines) is 2. The summed E-state index contributed by atoms with van der Waals surface area (Å²) in [5.74, 6) is 0.157. The van der Waals surface area contributed by atoms with Crippen molar-refractivity contribution >= 4 is 11.8 Å². The minimum Gasteiger partial charge on any atom is -0.484 e. The number of nitrogens with zero attached hydrogens (tertiary/aromatic N) is 3. The van der Waals surface area contributed by atoms with Crippen LogP contribution in [0.5, 0.6) is 5.75 Å². The Kier molecular flexibility index (Phi) is 8.69. The molecule has 0 aliphatic carbocycles. The number of piperidine rings is 1. The lowest BCUT2D eigenvalue weighted by molar-refractivity contribution is -0.142. The molecule has 2 aliphatic heterocycles. The zero-order valence-corrected chi connectivity index (χ0v) is 18.9. The first-order chi connectivity index (χ1) is 14.9. The Bertz CT molecular complexity index is 719. The van der Waals surface area contributed by atoms with Crippen molar-refractivity contribution in [2.75, 3.05) is 45.9 Å². The minimum atomic E-state index is -0.336. The Morgan fingerprint density at radius 1 is 1.13 bits per heavy atom. The number of ether oxygens (including phenoxy) is 1. The standard InChI is InChI=1S/C24H36FN3O3/c1-19(2)24(30)28(16-6-14-26-12-3-4-13-26)21-7-5-15-27(17-21)23(29)18-31-22-10-8-20(25)9-11-22/h8-11,19,21H,3-7,12-18H2,1-2H3. The average Bonchev–Trinajstić information content (AvgIpc) is 3.29. The summed E-state index contributed by atoms with van der Waals surface area (Å²) in [5, 5.41) is 0. The molecule has 7 heteroatoms. The van der Waals surface area contributed by atoms with E-state index in [1.165, 1.54) is 37.1 Å². The monoisotopic (exact) mass is 433 g/mol. The van der Waals surface area contributed by atoms with E-state index in [9.17, 15) is 14.0 Å². The van der Waals surface area contributed by atoms with E-state index in [1.54, 1.807) is 4.90 Å². The number of rotatable bonds is 9. The van der Waals surface area contributed by atoms with Gasteiger partial charge in [-0.1, -0.05) is 13.8 Å². The molecular weight excluding hydrogens is 397 g/mol. The summed E-state index contributed by atoms with van der Waals surface area (Å²) in [5.41, 5.74) is 0. The highest BCUT2D eigenvalue weighted by Gasteiger charge is 2.31. The Labute approximate surface area is 185 Å². The lowest BCUT2D eigenvalue weighted by Crippen LogP contribution is -2.53. The molecule has 0 aromatic heterocycles. The summed E-state index contributed by atoms with van der Waals surface area (Å²) in [6.45, 7) is 9.14. The third kappa shape index (κ3) is 6.92. The SMILES string of the molecule is CC(C)C(=O)N(CCCN1CCCC1)C1CCCN(C(=O)COc2ccc(F)cc2)C1. The van der Waals surface area contributed by atoms with Gasteiger partial charge in [-0.25, -0.2) is 4.39 Å². The van der Waals surface area contributed by atoms with E-state index in [0.717, 1.165) is 45.4 Å². The molecule has 2 heterocycles. The molecule has 1 unspecified atom stereocenters. The molecule has 0 N–H and O–H groups in total. The molecule has 0 spiro atoms. The van der Waals surface area contributed by atoms with Crippen molar-refractivity contribution in [2.45, 2.75) is 52.0 Å². The zero-order chi connectivity index (χ0) is 22.2. The Balaban J connectivity index is 1.54. The number of amides is 2. The maximum atomic E-state index is 13.0. The summed E-state index contributed by atoms with van der Waals surface area (Å²) in [7, 11) is 0. The normalized spacial score (nSPS) is 19.6. The van der Waals surface area contributed by atoms with Gasteiger partial charge in [0.15, 0.2) is 6.61 Å². The third-order valence-electron chi connectivity index (χ3n) is 6.21. The lowest BCUT2D eigenvalue weighted by atomic mass is 10.0. The number of hydrogen-bond donors (Lipinski definition) is 0. The van der Waals surface area contributed by atoms with Gasteiger partial charge in [-0.3, -0.25) is 9.59 Å². The molecule has 1 aromatic rings. The summed E-state index contributed by atoms with van der Waals surface area (Å²) >= 11 is 0. The van der Waals surface area contributed by atoms with Crippen molar-refractivity contribution in [2.24, 2.45) is 5.92 Å². The molecule has 1 aromatic carbocycles. The molecule has 172 valence electrons. The van der Waals surface area contributed by atoms with Crippen LogP contribution in [-0.2, 0) is 9.59 Å². The molecule has 0 radical (unpaired) electrons. The fourth-order valence-electron chi connectivity index (χ4n) is 4.48. The summed E-state index contributed by atoms with van der Waals surface area (Å²) < 4.78 is 18.6. The quantitative estimate of drug-likeness (QED) is 0.600. The maximum Gasteiger partial charge on any atom is 0.260 e. The van der Waals surface area contributed by atoms with Crippen LogP contribution in [0.1, 0.15) is 46.0 Å². The zero-order valence-electron chi connectivity index (χ0n) is 18.9. The summed E-state index contributed by atoms with van der Waals surface area (Å²) in [6.07, 6.45) is 5.31. The van der Waals surface area contributed by atoms with E-state index in [4.69, 9.17) is 4.74 Å². The number of carbonyl (C=O) groups excluding carboxylic acids is 2. The van der Waals surface area contributed by atoms with Gasteiger partial charge in [0.1, 0.15) is 11.6 Å². The Morgan fingerprint density at radius 3 is 2.52 bits per heavy atom. The molecule has 31 heavy (non-hydrogen) atoms. The van der Waals surface area contributed by atoms with Crippen molar-refractivity contribution in [3.8, 4) is 5.75 Å². The van der Waals surface area contributed by atoms with Gasteiger partial charge in [0.2, 0.25) is 5.91 Å². The van der Waals surface area contributed by atoms with E-state index in [0.29, 0.717) is 18.8 Å². The van der Waals surface area contributed by atoms with E-state index in [1.807, 2.05) is 18.7 Å². The molecule has 2 aliphatic rings.